The van der Waals surface area contributed by atoms with Crippen LogP contribution in [-0.2, 0) is 6.54 Å². The quantitative estimate of drug-likeness (QED) is 0.548. The predicted octanol–water partition coefficient (Wildman–Crippen LogP) is 2.96. The normalized spacial score (nSPS) is 14.9. The van der Waals surface area contributed by atoms with E-state index >= 15 is 0 Å². The van der Waals surface area contributed by atoms with Gasteiger partial charge in [-0.1, -0.05) is 12.1 Å². The molecule has 29 heavy (non-hydrogen) atoms. The van der Waals surface area contributed by atoms with E-state index in [1.54, 1.807) is 12.0 Å². The van der Waals surface area contributed by atoms with E-state index in [9.17, 15) is 14.9 Å². The summed E-state index contributed by atoms with van der Waals surface area (Å²) in [6.07, 6.45) is 0.832. The lowest BCUT2D eigenvalue weighted by atomic mass is 10.1. The van der Waals surface area contributed by atoms with Gasteiger partial charge in [-0.15, -0.1) is 0 Å². The maximum atomic E-state index is 13.0. The standard InChI is InChI=1S/C21H25N3O5/c1-28-18-7-4-16(5-8-18)15-22-10-3-11-23(13-12-22)21(25)19-14-17(24(26)27)6-9-20(19)29-2/h4-9,14H,3,10-13,15H2,1-2H3. The van der Waals surface area contributed by atoms with Crippen molar-refractivity contribution in [1.29, 1.82) is 0 Å². The van der Waals surface area contributed by atoms with Crippen molar-refractivity contribution in [3.8, 4) is 11.5 Å². The van der Waals surface area contributed by atoms with Crippen molar-refractivity contribution in [3.05, 3.63) is 63.7 Å². The zero-order chi connectivity index (χ0) is 20.8. The molecule has 2 aromatic carbocycles. The van der Waals surface area contributed by atoms with Gasteiger partial charge in [0, 0.05) is 44.9 Å². The van der Waals surface area contributed by atoms with E-state index in [4.69, 9.17) is 9.47 Å². The van der Waals surface area contributed by atoms with Crippen LogP contribution in [0, 0.1) is 10.1 Å². The Morgan fingerprint density at radius 1 is 1.03 bits per heavy atom. The van der Waals surface area contributed by atoms with Crippen LogP contribution in [0.2, 0.25) is 0 Å². The Bertz CT molecular complexity index is 869. The van der Waals surface area contributed by atoms with Crippen molar-refractivity contribution in [3.63, 3.8) is 0 Å². The molecule has 0 spiro atoms. The number of nitro benzene ring substituents is 1. The van der Waals surface area contributed by atoms with E-state index in [0.29, 0.717) is 18.8 Å². The molecule has 1 aliphatic rings. The summed E-state index contributed by atoms with van der Waals surface area (Å²) in [6.45, 7) is 3.56. The molecule has 0 unspecified atom stereocenters. The molecule has 1 amide bonds. The number of hydrogen-bond acceptors (Lipinski definition) is 6. The largest absolute Gasteiger partial charge is 0.497 e. The minimum atomic E-state index is -0.505. The average molecular weight is 399 g/mol. The van der Waals surface area contributed by atoms with Gasteiger partial charge in [-0.3, -0.25) is 19.8 Å². The van der Waals surface area contributed by atoms with Crippen LogP contribution in [0.1, 0.15) is 22.3 Å². The zero-order valence-corrected chi connectivity index (χ0v) is 16.7. The first-order valence-electron chi connectivity index (χ1n) is 9.49. The van der Waals surface area contributed by atoms with Gasteiger partial charge in [-0.05, 0) is 30.2 Å². The summed E-state index contributed by atoms with van der Waals surface area (Å²) >= 11 is 0. The molecule has 0 bridgehead atoms. The van der Waals surface area contributed by atoms with E-state index in [1.165, 1.54) is 30.9 Å². The molecule has 0 N–H and O–H groups in total. The third kappa shape index (κ3) is 5.03. The molecule has 0 aromatic heterocycles. The summed E-state index contributed by atoms with van der Waals surface area (Å²) in [6, 6.07) is 12.1. The van der Waals surface area contributed by atoms with Gasteiger partial charge >= 0.3 is 0 Å². The van der Waals surface area contributed by atoms with Crippen LogP contribution in [0.3, 0.4) is 0 Å². The van der Waals surface area contributed by atoms with E-state index in [-0.39, 0.29) is 17.2 Å². The van der Waals surface area contributed by atoms with Crippen LogP contribution < -0.4 is 9.47 Å². The van der Waals surface area contributed by atoms with Crippen LogP contribution in [0.4, 0.5) is 5.69 Å². The van der Waals surface area contributed by atoms with Crippen LogP contribution in [0.5, 0.6) is 11.5 Å². The lowest BCUT2D eigenvalue weighted by molar-refractivity contribution is -0.384. The maximum absolute atomic E-state index is 13.0. The fourth-order valence-electron chi connectivity index (χ4n) is 3.47. The number of methoxy groups -OCH3 is 2. The zero-order valence-electron chi connectivity index (χ0n) is 16.7. The van der Waals surface area contributed by atoms with Crippen molar-refractivity contribution in [2.24, 2.45) is 0 Å². The molecule has 1 fully saturated rings. The Morgan fingerprint density at radius 2 is 1.79 bits per heavy atom. The van der Waals surface area contributed by atoms with E-state index < -0.39 is 4.92 Å². The van der Waals surface area contributed by atoms with Crippen molar-refractivity contribution < 1.29 is 19.2 Å². The summed E-state index contributed by atoms with van der Waals surface area (Å²) < 4.78 is 10.4. The molecular weight excluding hydrogens is 374 g/mol. The molecule has 8 heteroatoms. The topological polar surface area (TPSA) is 85.2 Å². The second-order valence-corrected chi connectivity index (χ2v) is 6.91. The van der Waals surface area contributed by atoms with Gasteiger partial charge in [-0.25, -0.2) is 0 Å². The maximum Gasteiger partial charge on any atom is 0.270 e. The Balaban J connectivity index is 1.67. The number of non-ortho nitro benzene ring substituents is 1. The predicted molar refractivity (Wildman–Crippen MR) is 108 cm³/mol. The molecule has 154 valence electrons. The van der Waals surface area contributed by atoms with Crippen LogP contribution in [-0.4, -0.2) is 61.0 Å². The molecule has 3 rings (SSSR count). The van der Waals surface area contributed by atoms with E-state index in [2.05, 4.69) is 4.90 Å². The summed E-state index contributed by atoms with van der Waals surface area (Å²) in [5, 5.41) is 11.1. The number of benzene rings is 2. The Morgan fingerprint density at radius 3 is 2.45 bits per heavy atom. The number of carbonyl (C=O) groups excluding carboxylic acids is 1. The number of nitrogens with zero attached hydrogens (tertiary/aromatic N) is 3. The van der Waals surface area contributed by atoms with Gasteiger partial charge in [0.15, 0.2) is 0 Å². The van der Waals surface area contributed by atoms with Crippen molar-refractivity contribution in [2.75, 3.05) is 40.4 Å². The van der Waals surface area contributed by atoms with Crippen molar-refractivity contribution >= 4 is 11.6 Å². The number of nitro groups is 1. The molecule has 1 aliphatic heterocycles. The summed E-state index contributed by atoms with van der Waals surface area (Å²) in [4.78, 5) is 27.7. The summed E-state index contributed by atoms with van der Waals surface area (Å²) in [7, 11) is 3.10. The first-order valence-corrected chi connectivity index (χ1v) is 9.49. The van der Waals surface area contributed by atoms with Gasteiger partial charge in [-0.2, -0.15) is 0 Å². The third-order valence-electron chi connectivity index (χ3n) is 5.07. The molecule has 0 atom stereocenters. The average Bonchev–Trinajstić information content (AvgIpc) is 2.98. The van der Waals surface area contributed by atoms with E-state index in [0.717, 1.165) is 31.8 Å². The lowest BCUT2D eigenvalue weighted by Crippen LogP contribution is -2.35. The highest BCUT2D eigenvalue weighted by Crippen LogP contribution is 2.26. The molecule has 0 saturated carbocycles. The third-order valence-corrected chi connectivity index (χ3v) is 5.07. The van der Waals surface area contributed by atoms with Gasteiger partial charge in [0.05, 0.1) is 24.7 Å². The molecule has 1 heterocycles. The molecule has 8 nitrogen and oxygen atoms in total. The van der Waals surface area contributed by atoms with E-state index in [1.807, 2.05) is 24.3 Å². The Labute approximate surface area is 169 Å². The highest BCUT2D eigenvalue weighted by Gasteiger charge is 2.24. The van der Waals surface area contributed by atoms with Crippen molar-refractivity contribution in [1.82, 2.24) is 9.80 Å². The fraction of sp³-hybridized carbons (Fsp3) is 0.381. The van der Waals surface area contributed by atoms with Gasteiger partial charge < -0.3 is 14.4 Å². The molecular formula is C21H25N3O5. The van der Waals surface area contributed by atoms with Crippen LogP contribution in [0.25, 0.3) is 0 Å². The minimum absolute atomic E-state index is 0.120. The highest BCUT2D eigenvalue weighted by atomic mass is 16.6. The van der Waals surface area contributed by atoms with Crippen LogP contribution in [0.15, 0.2) is 42.5 Å². The van der Waals surface area contributed by atoms with Gasteiger partial charge in [0.25, 0.3) is 11.6 Å². The number of hydrogen-bond donors (Lipinski definition) is 0. The monoisotopic (exact) mass is 399 g/mol. The first kappa shape index (κ1) is 20.6. The SMILES string of the molecule is COc1ccc(CN2CCCN(C(=O)c3cc([N+](=O)[O-])ccc3OC)CC2)cc1. The highest BCUT2D eigenvalue weighted by molar-refractivity contribution is 5.97. The number of rotatable bonds is 6. The number of ether oxygens (including phenoxy) is 2. The van der Waals surface area contributed by atoms with Crippen LogP contribution >= 0.6 is 0 Å². The molecule has 0 radical (unpaired) electrons. The Hall–Kier alpha value is -3.13. The number of carbonyl (C=O) groups is 1. The molecule has 2 aromatic rings. The summed E-state index contributed by atoms with van der Waals surface area (Å²) in [5.74, 6) is 0.934. The second kappa shape index (κ2) is 9.38. The second-order valence-electron chi connectivity index (χ2n) is 6.91. The van der Waals surface area contributed by atoms with Gasteiger partial charge in [0.2, 0.25) is 0 Å². The van der Waals surface area contributed by atoms with Crippen molar-refractivity contribution in [2.45, 2.75) is 13.0 Å². The Kier molecular flexibility index (Phi) is 6.66. The fourth-order valence-corrected chi connectivity index (χ4v) is 3.47. The van der Waals surface area contributed by atoms with Gasteiger partial charge in [0.1, 0.15) is 11.5 Å². The first-order chi connectivity index (χ1) is 14.0. The number of amides is 1. The molecule has 1 saturated heterocycles. The smallest absolute Gasteiger partial charge is 0.270 e. The lowest BCUT2D eigenvalue weighted by Gasteiger charge is -2.23. The summed E-state index contributed by atoms with van der Waals surface area (Å²) in [5.41, 5.74) is 1.29. The molecule has 0 aliphatic carbocycles. The minimum Gasteiger partial charge on any atom is -0.497 e.